The van der Waals surface area contributed by atoms with Crippen LogP contribution in [0.15, 0.2) is 84.9 Å². The van der Waals surface area contributed by atoms with E-state index < -0.39 is 0 Å². The lowest BCUT2D eigenvalue weighted by molar-refractivity contribution is 0.0758. The van der Waals surface area contributed by atoms with Gasteiger partial charge in [-0.25, -0.2) is 0 Å². The van der Waals surface area contributed by atoms with Crippen molar-refractivity contribution in [3.8, 4) is 0 Å². The third-order valence-corrected chi connectivity index (χ3v) is 4.69. The Morgan fingerprint density at radius 2 is 1.15 bits per heavy atom. The molecule has 0 radical (unpaired) electrons. The highest BCUT2D eigenvalue weighted by Crippen LogP contribution is 2.13. The number of rotatable bonds is 7. The topological polar surface area (TPSA) is 20.3 Å². The highest BCUT2D eigenvalue weighted by Gasteiger charge is 2.17. The molecule has 0 saturated heterocycles. The molecule has 1 amide bonds. The number of aryl methyl sites for hydroxylation is 1. The highest BCUT2D eigenvalue weighted by atomic mass is 16.2. The fourth-order valence-corrected chi connectivity index (χ4v) is 3.12. The zero-order valence-electron chi connectivity index (χ0n) is 15.3. The number of amides is 1. The van der Waals surface area contributed by atoms with Gasteiger partial charge < -0.3 is 4.90 Å². The summed E-state index contributed by atoms with van der Waals surface area (Å²) in [4.78, 5) is 15.1. The van der Waals surface area contributed by atoms with Crippen LogP contribution in [0.25, 0.3) is 0 Å². The Morgan fingerprint density at radius 3 is 1.65 bits per heavy atom. The van der Waals surface area contributed by atoms with Gasteiger partial charge in [-0.15, -0.1) is 0 Å². The smallest absolute Gasteiger partial charge is 0.254 e. The van der Waals surface area contributed by atoms with Gasteiger partial charge in [0.2, 0.25) is 0 Å². The maximum absolute atomic E-state index is 13.1. The van der Waals surface area contributed by atoms with Gasteiger partial charge in [0.25, 0.3) is 5.91 Å². The van der Waals surface area contributed by atoms with Crippen LogP contribution in [0.5, 0.6) is 0 Å². The number of carbonyl (C=O) groups is 1. The summed E-state index contributed by atoms with van der Waals surface area (Å²) in [5.41, 5.74) is 4.35. The van der Waals surface area contributed by atoms with Crippen molar-refractivity contribution in [2.45, 2.75) is 19.8 Å². The first-order valence-electron chi connectivity index (χ1n) is 9.17. The summed E-state index contributed by atoms with van der Waals surface area (Å²) in [6.07, 6.45) is 1.74. The first-order chi connectivity index (χ1) is 12.7. The molecule has 3 aromatic carbocycles. The molecule has 0 spiro atoms. The summed E-state index contributed by atoms with van der Waals surface area (Å²) >= 11 is 0. The maximum atomic E-state index is 13.1. The Balaban J connectivity index is 1.74. The van der Waals surface area contributed by atoms with Crippen molar-refractivity contribution in [2.24, 2.45) is 0 Å². The van der Waals surface area contributed by atoms with Crippen LogP contribution in [0.1, 0.15) is 27.0 Å². The predicted molar refractivity (Wildman–Crippen MR) is 107 cm³/mol. The summed E-state index contributed by atoms with van der Waals surface area (Å²) in [5.74, 6) is 0.120. The number of nitrogens with zero attached hydrogens (tertiary/aromatic N) is 1. The van der Waals surface area contributed by atoms with Crippen LogP contribution >= 0.6 is 0 Å². The molecule has 0 aliphatic carbocycles. The lowest BCUT2D eigenvalue weighted by atomic mass is 10.1. The van der Waals surface area contributed by atoms with E-state index in [1.165, 1.54) is 11.1 Å². The normalized spacial score (nSPS) is 10.5. The summed E-state index contributed by atoms with van der Waals surface area (Å²) in [6, 6.07) is 28.6. The average Bonchev–Trinajstić information content (AvgIpc) is 2.69. The minimum Gasteiger partial charge on any atom is -0.338 e. The minimum absolute atomic E-state index is 0.120. The van der Waals surface area contributed by atoms with Crippen LogP contribution in [0, 0.1) is 6.92 Å². The molecule has 0 aliphatic rings. The van der Waals surface area contributed by atoms with E-state index in [1.807, 2.05) is 72.5 Å². The van der Waals surface area contributed by atoms with Crippen molar-refractivity contribution in [3.05, 3.63) is 107 Å². The van der Waals surface area contributed by atoms with Gasteiger partial charge in [-0.2, -0.15) is 0 Å². The monoisotopic (exact) mass is 343 g/mol. The van der Waals surface area contributed by atoms with Gasteiger partial charge in [0.15, 0.2) is 0 Å². The van der Waals surface area contributed by atoms with Gasteiger partial charge in [-0.1, -0.05) is 78.9 Å². The van der Waals surface area contributed by atoms with Crippen LogP contribution in [0.4, 0.5) is 0 Å². The van der Waals surface area contributed by atoms with E-state index in [9.17, 15) is 4.79 Å². The van der Waals surface area contributed by atoms with E-state index >= 15 is 0 Å². The molecular weight excluding hydrogens is 318 g/mol. The second-order valence-corrected chi connectivity index (χ2v) is 6.58. The van der Waals surface area contributed by atoms with Gasteiger partial charge in [-0.3, -0.25) is 4.79 Å². The Morgan fingerprint density at radius 1 is 0.692 bits per heavy atom. The molecule has 0 heterocycles. The third-order valence-electron chi connectivity index (χ3n) is 4.69. The Hall–Kier alpha value is -2.87. The van der Waals surface area contributed by atoms with Gasteiger partial charge in [0.1, 0.15) is 0 Å². The molecule has 3 aromatic rings. The fraction of sp³-hybridized carbons (Fsp3) is 0.208. The molecule has 26 heavy (non-hydrogen) atoms. The first-order valence-corrected chi connectivity index (χ1v) is 9.17. The van der Waals surface area contributed by atoms with E-state index in [1.54, 1.807) is 0 Å². The van der Waals surface area contributed by atoms with E-state index in [2.05, 4.69) is 24.3 Å². The highest BCUT2D eigenvalue weighted by molar-refractivity contribution is 5.95. The molecule has 0 aliphatic heterocycles. The SMILES string of the molecule is Cc1ccccc1C(=O)N(CCc1ccccc1)CCc1ccccc1. The Bertz CT molecular complexity index is 784. The molecule has 2 heteroatoms. The number of hydrogen-bond acceptors (Lipinski definition) is 1. The van der Waals surface area contributed by atoms with Crippen LogP contribution in [-0.2, 0) is 12.8 Å². The molecule has 0 N–H and O–H groups in total. The van der Waals surface area contributed by atoms with Gasteiger partial charge >= 0.3 is 0 Å². The van der Waals surface area contributed by atoms with Gasteiger partial charge in [0, 0.05) is 18.7 Å². The lowest BCUT2D eigenvalue weighted by Gasteiger charge is -2.24. The summed E-state index contributed by atoms with van der Waals surface area (Å²) in [6.45, 7) is 3.45. The molecule has 0 unspecified atom stereocenters. The summed E-state index contributed by atoms with van der Waals surface area (Å²) < 4.78 is 0. The van der Waals surface area contributed by atoms with Crippen molar-refractivity contribution < 1.29 is 4.79 Å². The van der Waals surface area contributed by atoms with Crippen molar-refractivity contribution >= 4 is 5.91 Å². The summed E-state index contributed by atoms with van der Waals surface area (Å²) in [5, 5.41) is 0. The molecule has 0 fully saturated rings. The van der Waals surface area contributed by atoms with Crippen LogP contribution < -0.4 is 0 Å². The third kappa shape index (κ3) is 4.82. The molecular formula is C24H25NO. The quantitative estimate of drug-likeness (QED) is 0.596. The molecule has 132 valence electrons. The van der Waals surface area contributed by atoms with Crippen molar-refractivity contribution in [1.82, 2.24) is 4.90 Å². The fourth-order valence-electron chi connectivity index (χ4n) is 3.12. The van der Waals surface area contributed by atoms with Gasteiger partial charge in [-0.05, 0) is 42.5 Å². The molecule has 3 rings (SSSR count). The largest absolute Gasteiger partial charge is 0.338 e. The second-order valence-electron chi connectivity index (χ2n) is 6.58. The molecule has 0 aromatic heterocycles. The molecule has 0 atom stereocenters. The molecule has 0 bridgehead atoms. The van der Waals surface area contributed by atoms with E-state index in [-0.39, 0.29) is 5.91 Å². The second kappa shape index (κ2) is 9.00. The van der Waals surface area contributed by atoms with Crippen LogP contribution in [0.3, 0.4) is 0 Å². The lowest BCUT2D eigenvalue weighted by Crippen LogP contribution is -2.35. The van der Waals surface area contributed by atoms with E-state index in [0.717, 1.165) is 37.1 Å². The summed E-state index contributed by atoms with van der Waals surface area (Å²) in [7, 11) is 0. The zero-order chi connectivity index (χ0) is 18.2. The van der Waals surface area contributed by atoms with E-state index in [4.69, 9.17) is 0 Å². The van der Waals surface area contributed by atoms with Crippen molar-refractivity contribution in [3.63, 3.8) is 0 Å². The number of hydrogen-bond donors (Lipinski definition) is 0. The Labute approximate surface area is 156 Å². The minimum atomic E-state index is 0.120. The average molecular weight is 343 g/mol. The first kappa shape index (κ1) is 17.9. The number of carbonyl (C=O) groups excluding carboxylic acids is 1. The van der Waals surface area contributed by atoms with Crippen LogP contribution in [0.2, 0.25) is 0 Å². The van der Waals surface area contributed by atoms with E-state index in [0.29, 0.717) is 0 Å². The van der Waals surface area contributed by atoms with Crippen molar-refractivity contribution in [2.75, 3.05) is 13.1 Å². The standard InChI is InChI=1S/C24H25NO/c1-20-10-8-9-15-23(20)24(26)25(18-16-21-11-4-2-5-12-21)19-17-22-13-6-3-7-14-22/h2-15H,16-19H2,1H3. The zero-order valence-corrected chi connectivity index (χ0v) is 15.3. The Kier molecular flexibility index (Phi) is 6.21. The molecule has 0 saturated carbocycles. The maximum Gasteiger partial charge on any atom is 0.254 e. The number of benzene rings is 3. The van der Waals surface area contributed by atoms with Crippen LogP contribution in [-0.4, -0.2) is 23.9 Å². The van der Waals surface area contributed by atoms with Crippen molar-refractivity contribution in [1.29, 1.82) is 0 Å². The predicted octanol–water partition coefficient (Wildman–Crippen LogP) is 4.92. The molecule has 2 nitrogen and oxygen atoms in total. The van der Waals surface area contributed by atoms with Gasteiger partial charge in [0.05, 0.1) is 0 Å².